The third-order valence-corrected chi connectivity index (χ3v) is 6.15. The van der Waals surface area contributed by atoms with Crippen LogP contribution in [0.15, 0.2) is 48.9 Å². The molecule has 6 rings (SSSR count). The second-order valence-corrected chi connectivity index (χ2v) is 8.14. The molecule has 0 amide bonds. The summed E-state index contributed by atoms with van der Waals surface area (Å²) in [7, 11) is 0. The molecule has 3 aromatic rings. The molecular weight excluding hydrogens is 385 g/mol. The van der Waals surface area contributed by atoms with Gasteiger partial charge in [-0.3, -0.25) is 4.90 Å². The number of ether oxygens (including phenoxy) is 1. The van der Waals surface area contributed by atoms with E-state index >= 15 is 0 Å². The Balaban J connectivity index is 1.43. The molecule has 30 heavy (non-hydrogen) atoms. The summed E-state index contributed by atoms with van der Waals surface area (Å²) >= 11 is 0. The Morgan fingerprint density at radius 2 is 2.00 bits per heavy atom. The van der Waals surface area contributed by atoms with Gasteiger partial charge in [0.25, 0.3) is 0 Å². The SMILES string of the molecule is Cc1ccc(OC2CC3CCC2N(C(O)c2cccc(F)c2-n2nccn2)C3)nc1. The number of halogens is 1. The summed E-state index contributed by atoms with van der Waals surface area (Å²) in [4.78, 5) is 7.62. The summed E-state index contributed by atoms with van der Waals surface area (Å²) in [6, 6.07) is 8.57. The quantitative estimate of drug-likeness (QED) is 0.698. The topological polar surface area (TPSA) is 76.3 Å². The molecule has 3 fully saturated rings. The molecule has 4 atom stereocenters. The van der Waals surface area contributed by atoms with Gasteiger partial charge < -0.3 is 9.84 Å². The average molecular weight is 409 g/mol. The second kappa shape index (κ2) is 7.77. The van der Waals surface area contributed by atoms with Crippen molar-refractivity contribution in [1.29, 1.82) is 0 Å². The van der Waals surface area contributed by atoms with Gasteiger partial charge in [-0.1, -0.05) is 18.2 Å². The zero-order valence-corrected chi connectivity index (χ0v) is 16.7. The number of aromatic nitrogens is 4. The Hall–Kier alpha value is -2.84. The second-order valence-electron chi connectivity index (χ2n) is 8.14. The van der Waals surface area contributed by atoms with E-state index in [9.17, 15) is 9.50 Å². The number of aryl methyl sites for hydroxylation is 1. The number of nitrogens with zero attached hydrogens (tertiary/aromatic N) is 5. The molecule has 7 nitrogen and oxygen atoms in total. The molecule has 0 spiro atoms. The van der Waals surface area contributed by atoms with Gasteiger partial charge in [0.05, 0.1) is 12.4 Å². The maximum atomic E-state index is 14.7. The number of rotatable bonds is 5. The maximum absolute atomic E-state index is 14.7. The van der Waals surface area contributed by atoms with Crippen LogP contribution in [0.4, 0.5) is 4.39 Å². The van der Waals surface area contributed by atoms with Gasteiger partial charge in [0, 0.05) is 30.4 Å². The number of para-hydroxylation sites is 1. The average Bonchev–Trinajstić information content (AvgIpc) is 3.29. The summed E-state index contributed by atoms with van der Waals surface area (Å²) in [5.41, 5.74) is 1.70. The van der Waals surface area contributed by atoms with Gasteiger partial charge in [-0.05, 0) is 43.7 Å². The van der Waals surface area contributed by atoms with E-state index < -0.39 is 12.0 Å². The first-order chi connectivity index (χ1) is 14.6. The molecule has 1 N–H and O–H groups in total. The predicted octanol–water partition coefficient (Wildman–Crippen LogP) is 3.03. The van der Waals surface area contributed by atoms with Crippen LogP contribution in [0.1, 0.15) is 36.6 Å². The van der Waals surface area contributed by atoms with Crippen LogP contribution >= 0.6 is 0 Å². The first-order valence-electron chi connectivity index (χ1n) is 10.3. The summed E-state index contributed by atoms with van der Waals surface area (Å²) in [6.07, 6.45) is 6.68. The van der Waals surface area contributed by atoms with Crippen molar-refractivity contribution in [1.82, 2.24) is 24.9 Å². The lowest BCUT2D eigenvalue weighted by Crippen LogP contribution is -2.58. The smallest absolute Gasteiger partial charge is 0.213 e. The standard InChI is InChI=1S/C22H24FN5O2/c1-14-5-8-20(24-12-14)30-19-11-15-6-7-18(19)27(13-15)22(29)16-3-2-4-17(23)21(16)28-25-9-10-26-28/h2-5,8-10,12,15,18-19,22,29H,6-7,11,13H2,1H3. The van der Waals surface area contributed by atoms with E-state index in [1.54, 1.807) is 18.3 Å². The van der Waals surface area contributed by atoms with E-state index in [0.29, 0.717) is 17.4 Å². The van der Waals surface area contributed by atoms with E-state index in [-0.39, 0.29) is 17.8 Å². The third kappa shape index (κ3) is 3.46. The van der Waals surface area contributed by atoms with Crippen molar-refractivity contribution in [2.24, 2.45) is 5.92 Å². The molecule has 4 heterocycles. The van der Waals surface area contributed by atoms with Crippen molar-refractivity contribution in [3.05, 3.63) is 65.9 Å². The fourth-order valence-electron chi connectivity index (χ4n) is 4.72. The molecule has 1 saturated carbocycles. The molecule has 8 heteroatoms. The molecule has 156 valence electrons. The minimum atomic E-state index is -0.980. The highest BCUT2D eigenvalue weighted by atomic mass is 19.1. The summed E-state index contributed by atoms with van der Waals surface area (Å²) in [6.45, 7) is 2.73. The summed E-state index contributed by atoms with van der Waals surface area (Å²) < 4.78 is 20.9. The molecule has 1 aromatic carbocycles. The monoisotopic (exact) mass is 409 g/mol. The summed E-state index contributed by atoms with van der Waals surface area (Å²) in [5, 5.41) is 19.4. The number of hydrogen-bond donors (Lipinski definition) is 1. The van der Waals surface area contributed by atoms with E-state index in [4.69, 9.17) is 4.74 Å². The lowest BCUT2D eigenvalue weighted by molar-refractivity contribution is -0.123. The van der Waals surface area contributed by atoms with Gasteiger partial charge in [-0.25, -0.2) is 9.37 Å². The first-order valence-corrected chi connectivity index (χ1v) is 10.3. The van der Waals surface area contributed by atoms with Crippen LogP contribution in [0.25, 0.3) is 5.69 Å². The lowest BCUT2D eigenvalue weighted by Gasteiger charge is -2.51. The number of fused-ring (bicyclic) bond motifs is 3. The van der Waals surface area contributed by atoms with Crippen molar-refractivity contribution in [3.8, 4) is 11.6 Å². The van der Waals surface area contributed by atoms with Crippen LogP contribution in [0.2, 0.25) is 0 Å². The molecule has 4 unspecified atom stereocenters. The van der Waals surface area contributed by atoms with Gasteiger partial charge in [0.2, 0.25) is 5.88 Å². The summed E-state index contributed by atoms with van der Waals surface area (Å²) in [5.74, 6) is 0.543. The highest BCUT2D eigenvalue weighted by Gasteiger charge is 2.45. The molecule has 2 aromatic heterocycles. The number of piperidine rings is 2. The van der Waals surface area contributed by atoms with Gasteiger partial charge in [0.15, 0.2) is 5.82 Å². The molecule has 1 aliphatic carbocycles. The van der Waals surface area contributed by atoms with Gasteiger partial charge in [-0.15, -0.1) is 4.80 Å². The van der Waals surface area contributed by atoms with E-state index in [0.717, 1.165) is 31.4 Å². The predicted molar refractivity (Wildman–Crippen MR) is 108 cm³/mol. The highest BCUT2D eigenvalue weighted by molar-refractivity contribution is 5.42. The molecule has 3 aliphatic rings. The van der Waals surface area contributed by atoms with E-state index in [1.165, 1.54) is 23.3 Å². The number of aliphatic hydroxyl groups excluding tert-OH is 1. The number of aliphatic hydroxyl groups is 1. The van der Waals surface area contributed by atoms with E-state index in [1.807, 2.05) is 24.0 Å². The van der Waals surface area contributed by atoms with Gasteiger partial charge in [-0.2, -0.15) is 10.2 Å². The molecule has 2 saturated heterocycles. The normalized spacial score (nSPS) is 24.7. The lowest BCUT2D eigenvalue weighted by atomic mass is 9.77. The minimum absolute atomic E-state index is 0.0230. The highest BCUT2D eigenvalue weighted by Crippen LogP contribution is 2.41. The number of pyridine rings is 1. The fraction of sp³-hybridized carbons (Fsp3) is 0.409. The number of hydrogen-bond acceptors (Lipinski definition) is 6. The maximum Gasteiger partial charge on any atom is 0.213 e. The van der Waals surface area contributed by atoms with Crippen molar-refractivity contribution < 1.29 is 14.2 Å². The first kappa shape index (κ1) is 19.1. The Bertz CT molecular complexity index is 1010. The molecule has 2 bridgehead atoms. The van der Waals surface area contributed by atoms with Crippen molar-refractivity contribution in [3.63, 3.8) is 0 Å². The number of benzene rings is 1. The van der Waals surface area contributed by atoms with Gasteiger partial charge in [0.1, 0.15) is 18.0 Å². The zero-order chi connectivity index (χ0) is 20.7. The van der Waals surface area contributed by atoms with Crippen LogP contribution in [0.3, 0.4) is 0 Å². The van der Waals surface area contributed by atoms with Crippen molar-refractivity contribution in [2.45, 2.75) is 44.6 Å². The Morgan fingerprint density at radius 1 is 1.17 bits per heavy atom. The van der Waals surface area contributed by atoms with Crippen LogP contribution in [0.5, 0.6) is 5.88 Å². The Kier molecular flexibility index (Phi) is 4.96. The fourth-order valence-corrected chi connectivity index (χ4v) is 4.72. The van der Waals surface area contributed by atoms with E-state index in [2.05, 4.69) is 15.2 Å². The van der Waals surface area contributed by atoms with Crippen molar-refractivity contribution >= 4 is 0 Å². The zero-order valence-electron chi connectivity index (χ0n) is 16.7. The van der Waals surface area contributed by atoms with Crippen LogP contribution in [-0.4, -0.2) is 48.7 Å². The van der Waals surface area contributed by atoms with Crippen molar-refractivity contribution in [2.75, 3.05) is 6.54 Å². The van der Waals surface area contributed by atoms with Crippen LogP contribution in [-0.2, 0) is 0 Å². The molecular formula is C22H24FN5O2. The molecule has 0 radical (unpaired) electrons. The van der Waals surface area contributed by atoms with Gasteiger partial charge >= 0.3 is 0 Å². The third-order valence-electron chi connectivity index (χ3n) is 6.15. The van der Waals surface area contributed by atoms with Crippen LogP contribution in [0, 0.1) is 18.7 Å². The molecule has 2 aliphatic heterocycles. The Morgan fingerprint density at radius 3 is 2.73 bits per heavy atom. The van der Waals surface area contributed by atoms with Crippen LogP contribution < -0.4 is 4.74 Å². The Labute approximate surface area is 174 Å². The largest absolute Gasteiger partial charge is 0.473 e. The minimum Gasteiger partial charge on any atom is -0.473 e.